The average Bonchev–Trinajstić information content (AvgIpc) is 3.13. The first-order valence-electron chi connectivity index (χ1n) is 6.85. The van der Waals surface area contributed by atoms with Crippen molar-refractivity contribution in [2.24, 2.45) is 11.8 Å². The van der Waals surface area contributed by atoms with Crippen molar-refractivity contribution < 1.29 is 4.79 Å². The van der Waals surface area contributed by atoms with Crippen LogP contribution in [0.4, 0.5) is 0 Å². The molecule has 2 heteroatoms. The summed E-state index contributed by atoms with van der Waals surface area (Å²) in [4.78, 5) is 12.1. The normalized spacial score (nSPS) is 17.3. The number of benzene rings is 1. The highest BCUT2D eigenvalue weighted by Gasteiger charge is 2.30. The molecule has 1 aliphatic carbocycles. The SMILES string of the molecule is CC(CC(=O)NC(C)(C)c1ccccc1)C1CC1. The van der Waals surface area contributed by atoms with Crippen LogP contribution >= 0.6 is 0 Å². The van der Waals surface area contributed by atoms with E-state index in [-0.39, 0.29) is 11.4 Å². The molecule has 1 aliphatic rings. The zero-order valence-corrected chi connectivity index (χ0v) is 11.6. The molecule has 0 bridgehead atoms. The number of carbonyl (C=O) groups is 1. The maximum absolute atomic E-state index is 12.1. The van der Waals surface area contributed by atoms with Crippen molar-refractivity contribution in [3.8, 4) is 0 Å². The molecule has 2 rings (SSSR count). The Labute approximate surface area is 110 Å². The van der Waals surface area contributed by atoms with E-state index in [4.69, 9.17) is 0 Å². The molecule has 0 saturated heterocycles. The van der Waals surface area contributed by atoms with Gasteiger partial charge in [-0.25, -0.2) is 0 Å². The maximum Gasteiger partial charge on any atom is 0.220 e. The summed E-state index contributed by atoms with van der Waals surface area (Å²) >= 11 is 0. The highest BCUT2D eigenvalue weighted by Crippen LogP contribution is 2.38. The average molecular weight is 245 g/mol. The lowest BCUT2D eigenvalue weighted by molar-refractivity contribution is -0.123. The van der Waals surface area contributed by atoms with Gasteiger partial charge in [-0.15, -0.1) is 0 Å². The van der Waals surface area contributed by atoms with Gasteiger partial charge in [0.2, 0.25) is 5.91 Å². The molecule has 0 aromatic heterocycles. The second kappa shape index (κ2) is 5.13. The minimum Gasteiger partial charge on any atom is -0.347 e. The van der Waals surface area contributed by atoms with Crippen LogP contribution in [-0.2, 0) is 10.3 Å². The van der Waals surface area contributed by atoms with E-state index in [9.17, 15) is 4.79 Å². The fourth-order valence-corrected chi connectivity index (χ4v) is 2.45. The molecule has 18 heavy (non-hydrogen) atoms. The zero-order valence-electron chi connectivity index (χ0n) is 11.6. The molecular weight excluding hydrogens is 222 g/mol. The quantitative estimate of drug-likeness (QED) is 0.845. The van der Waals surface area contributed by atoms with Crippen LogP contribution in [0.15, 0.2) is 30.3 Å². The molecule has 1 atom stereocenters. The molecule has 0 heterocycles. The predicted octanol–water partition coefficient (Wildman–Crippen LogP) is 3.47. The molecule has 1 fully saturated rings. The highest BCUT2D eigenvalue weighted by atomic mass is 16.1. The number of rotatable bonds is 5. The smallest absolute Gasteiger partial charge is 0.220 e. The van der Waals surface area contributed by atoms with Crippen LogP contribution in [0.3, 0.4) is 0 Å². The summed E-state index contributed by atoms with van der Waals surface area (Å²) < 4.78 is 0. The molecule has 0 radical (unpaired) electrons. The third-order valence-electron chi connectivity index (χ3n) is 3.88. The molecule has 0 spiro atoms. The summed E-state index contributed by atoms with van der Waals surface area (Å²) in [6, 6.07) is 10.1. The van der Waals surface area contributed by atoms with Crippen LogP contribution in [0.2, 0.25) is 0 Å². The molecule has 0 aliphatic heterocycles. The van der Waals surface area contributed by atoms with Gasteiger partial charge in [-0.05, 0) is 44.1 Å². The Kier molecular flexibility index (Phi) is 3.74. The Morgan fingerprint density at radius 2 is 1.94 bits per heavy atom. The van der Waals surface area contributed by atoms with E-state index in [1.54, 1.807) is 0 Å². The summed E-state index contributed by atoms with van der Waals surface area (Å²) in [5.41, 5.74) is 0.860. The molecule has 1 saturated carbocycles. The van der Waals surface area contributed by atoms with Crippen molar-refractivity contribution in [1.29, 1.82) is 0 Å². The monoisotopic (exact) mass is 245 g/mol. The van der Waals surface area contributed by atoms with Crippen molar-refractivity contribution >= 4 is 5.91 Å². The number of carbonyl (C=O) groups excluding carboxylic acids is 1. The topological polar surface area (TPSA) is 29.1 Å². The first kappa shape index (κ1) is 13.1. The molecule has 1 unspecified atom stereocenters. The molecule has 1 aromatic carbocycles. The Hall–Kier alpha value is -1.31. The third-order valence-corrected chi connectivity index (χ3v) is 3.88. The van der Waals surface area contributed by atoms with Crippen LogP contribution < -0.4 is 5.32 Å². The summed E-state index contributed by atoms with van der Waals surface area (Å²) in [5, 5.41) is 3.15. The van der Waals surface area contributed by atoms with Crippen molar-refractivity contribution in [2.45, 2.75) is 45.6 Å². The van der Waals surface area contributed by atoms with Crippen LogP contribution in [0, 0.1) is 11.8 Å². The molecule has 1 amide bonds. The first-order valence-corrected chi connectivity index (χ1v) is 6.85. The Morgan fingerprint density at radius 3 is 2.50 bits per heavy atom. The van der Waals surface area contributed by atoms with Gasteiger partial charge in [0.1, 0.15) is 0 Å². The van der Waals surface area contributed by atoms with Gasteiger partial charge in [-0.2, -0.15) is 0 Å². The van der Waals surface area contributed by atoms with Gasteiger partial charge in [-0.1, -0.05) is 37.3 Å². The number of amides is 1. The Bertz CT molecular complexity index is 406. The molecular formula is C16H23NO. The lowest BCUT2D eigenvalue weighted by Gasteiger charge is -2.27. The molecule has 2 nitrogen and oxygen atoms in total. The Morgan fingerprint density at radius 1 is 1.33 bits per heavy atom. The van der Waals surface area contributed by atoms with Crippen molar-refractivity contribution in [1.82, 2.24) is 5.32 Å². The minimum absolute atomic E-state index is 0.170. The second-order valence-corrected chi connectivity index (χ2v) is 6.06. The fourth-order valence-electron chi connectivity index (χ4n) is 2.45. The van der Waals surface area contributed by atoms with E-state index < -0.39 is 0 Å². The van der Waals surface area contributed by atoms with E-state index in [0.717, 1.165) is 11.5 Å². The van der Waals surface area contributed by atoms with Gasteiger partial charge in [0.15, 0.2) is 0 Å². The summed E-state index contributed by atoms with van der Waals surface area (Å²) in [6.45, 7) is 6.30. The number of hydrogen-bond donors (Lipinski definition) is 1. The van der Waals surface area contributed by atoms with Crippen LogP contribution in [0.1, 0.15) is 45.6 Å². The van der Waals surface area contributed by atoms with Gasteiger partial charge >= 0.3 is 0 Å². The number of nitrogens with one attached hydrogen (secondary N) is 1. The molecule has 98 valence electrons. The van der Waals surface area contributed by atoms with Gasteiger partial charge in [0.25, 0.3) is 0 Å². The van der Waals surface area contributed by atoms with Gasteiger partial charge in [0.05, 0.1) is 5.54 Å². The van der Waals surface area contributed by atoms with Crippen LogP contribution in [0.5, 0.6) is 0 Å². The number of hydrogen-bond acceptors (Lipinski definition) is 1. The summed E-state index contributed by atoms with van der Waals surface area (Å²) in [7, 11) is 0. The van der Waals surface area contributed by atoms with Crippen molar-refractivity contribution in [3.05, 3.63) is 35.9 Å². The minimum atomic E-state index is -0.290. The maximum atomic E-state index is 12.1. The second-order valence-electron chi connectivity index (χ2n) is 6.06. The summed E-state index contributed by atoms with van der Waals surface area (Å²) in [5.74, 6) is 1.48. The van der Waals surface area contributed by atoms with Gasteiger partial charge < -0.3 is 5.32 Å². The van der Waals surface area contributed by atoms with Gasteiger partial charge in [0, 0.05) is 6.42 Å². The lowest BCUT2D eigenvalue weighted by Crippen LogP contribution is -2.41. The molecule has 1 aromatic rings. The van der Waals surface area contributed by atoms with Crippen LogP contribution in [-0.4, -0.2) is 5.91 Å². The van der Waals surface area contributed by atoms with Crippen molar-refractivity contribution in [2.75, 3.05) is 0 Å². The van der Waals surface area contributed by atoms with E-state index in [1.165, 1.54) is 12.8 Å². The zero-order chi connectivity index (χ0) is 13.2. The van der Waals surface area contributed by atoms with E-state index in [2.05, 4.69) is 38.2 Å². The molecule has 1 N–H and O–H groups in total. The van der Waals surface area contributed by atoms with Crippen molar-refractivity contribution in [3.63, 3.8) is 0 Å². The van der Waals surface area contributed by atoms with Gasteiger partial charge in [-0.3, -0.25) is 4.79 Å². The van der Waals surface area contributed by atoms with E-state index >= 15 is 0 Å². The summed E-state index contributed by atoms with van der Waals surface area (Å²) in [6.07, 6.45) is 3.26. The highest BCUT2D eigenvalue weighted by molar-refractivity contribution is 5.77. The third kappa shape index (κ3) is 3.34. The first-order chi connectivity index (χ1) is 8.49. The standard InChI is InChI=1S/C16H23NO/c1-12(13-9-10-13)11-15(18)17-16(2,3)14-7-5-4-6-8-14/h4-8,12-13H,9-11H2,1-3H3,(H,17,18). The lowest BCUT2D eigenvalue weighted by atomic mass is 9.93. The fraction of sp³-hybridized carbons (Fsp3) is 0.562. The van der Waals surface area contributed by atoms with E-state index in [0.29, 0.717) is 12.3 Å². The predicted molar refractivity (Wildman–Crippen MR) is 74.1 cm³/mol. The largest absolute Gasteiger partial charge is 0.347 e. The van der Waals surface area contributed by atoms with E-state index in [1.807, 2.05) is 18.2 Å². The Balaban J connectivity index is 1.93. The van der Waals surface area contributed by atoms with Crippen LogP contribution in [0.25, 0.3) is 0 Å².